The van der Waals surface area contributed by atoms with E-state index >= 15 is 0 Å². The summed E-state index contributed by atoms with van der Waals surface area (Å²) in [7, 11) is 0. The van der Waals surface area contributed by atoms with E-state index in [9.17, 15) is 4.79 Å². The fourth-order valence-electron chi connectivity index (χ4n) is 1.72. The van der Waals surface area contributed by atoms with E-state index in [2.05, 4.69) is 10.3 Å². The van der Waals surface area contributed by atoms with Gasteiger partial charge in [0.1, 0.15) is 5.82 Å². The molecule has 6 heteroatoms. The third kappa shape index (κ3) is 2.55. The number of anilines is 1. The number of likely N-dealkylation sites (tertiary alicyclic amines) is 1. The van der Waals surface area contributed by atoms with Crippen molar-refractivity contribution in [3.8, 4) is 0 Å². The van der Waals surface area contributed by atoms with Crippen LogP contribution in [0.15, 0.2) is 18.3 Å². The minimum Gasteiger partial charge on any atom is -0.465 e. The van der Waals surface area contributed by atoms with Crippen LogP contribution in [0.3, 0.4) is 0 Å². The molecule has 0 spiro atoms. The zero-order valence-corrected chi connectivity index (χ0v) is 9.31. The fraction of sp³-hybridized carbons (Fsp3) is 0.400. The second kappa shape index (κ2) is 4.57. The molecule has 1 amide bonds. The number of hydrogen-bond acceptors (Lipinski definition) is 3. The van der Waals surface area contributed by atoms with Crippen LogP contribution in [0.2, 0.25) is 5.02 Å². The fourth-order valence-corrected chi connectivity index (χ4v) is 1.83. The smallest absolute Gasteiger partial charge is 0.407 e. The third-order valence-corrected chi connectivity index (χ3v) is 2.76. The van der Waals surface area contributed by atoms with Crippen LogP contribution in [0, 0.1) is 0 Å². The lowest BCUT2D eigenvalue weighted by atomic mass is 10.2. The van der Waals surface area contributed by atoms with Crippen molar-refractivity contribution in [1.82, 2.24) is 9.88 Å². The highest BCUT2D eigenvalue weighted by atomic mass is 35.5. The molecule has 1 aliphatic rings. The molecule has 1 aliphatic heterocycles. The van der Waals surface area contributed by atoms with Gasteiger partial charge in [0.25, 0.3) is 0 Å². The highest BCUT2D eigenvalue weighted by Gasteiger charge is 2.25. The number of nitrogens with one attached hydrogen (secondary N) is 1. The highest BCUT2D eigenvalue weighted by molar-refractivity contribution is 6.30. The van der Waals surface area contributed by atoms with E-state index in [4.69, 9.17) is 16.7 Å². The molecule has 2 N–H and O–H groups in total. The van der Waals surface area contributed by atoms with Gasteiger partial charge < -0.3 is 15.3 Å². The second-order valence-electron chi connectivity index (χ2n) is 3.72. The van der Waals surface area contributed by atoms with Crippen LogP contribution in [-0.4, -0.2) is 40.2 Å². The molecular weight excluding hydrogens is 230 g/mol. The molecule has 1 aromatic heterocycles. The van der Waals surface area contributed by atoms with Gasteiger partial charge in [-0.25, -0.2) is 9.78 Å². The first-order chi connectivity index (χ1) is 7.65. The SMILES string of the molecule is O=C(O)N1CCC(Nc2ccc(Cl)cn2)C1. The summed E-state index contributed by atoms with van der Waals surface area (Å²) >= 11 is 5.72. The Kier molecular flexibility index (Phi) is 3.14. The van der Waals surface area contributed by atoms with Gasteiger partial charge in [0.15, 0.2) is 0 Å². The monoisotopic (exact) mass is 241 g/mol. The first-order valence-corrected chi connectivity index (χ1v) is 5.39. The van der Waals surface area contributed by atoms with Gasteiger partial charge in [0, 0.05) is 25.3 Å². The number of amides is 1. The molecule has 2 heterocycles. The van der Waals surface area contributed by atoms with Crippen LogP contribution in [0.5, 0.6) is 0 Å². The molecule has 1 atom stereocenters. The van der Waals surface area contributed by atoms with Crippen molar-refractivity contribution in [2.24, 2.45) is 0 Å². The summed E-state index contributed by atoms with van der Waals surface area (Å²) < 4.78 is 0. The van der Waals surface area contributed by atoms with E-state index in [-0.39, 0.29) is 6.04 Å². The number of rotatable bonds is 2. The van der Waals surface area contributed by atoms with Gasteiger partial charge in [-0.3, -0.25) is 0 Å². The number of hydrogen-bond donors (Lipinski definition) is 2. The Balaban J connectivity index is 1.92. The quantitative estimate of drug-likeness (QED) is 0.830. The lowest BCUT2D eigenvalue weighted by molar-refractivity contribution is 0.155. The van der Waals surface area contributed by atoms with Crippen LogP contribution >= 0.6 is 11.6 Å². The number of pyridine rings is 1. The maximum atomic E-state index is 10.7. The topological polar surface area (TPSA) is 65.5 Å². The average Bonchev–Trinajstić information content (AvgIpc) is 2.70. The number of aromatic nitrogens is 1. The minimum absolute atomic E-state index is 0.129. The van der Waals surface area contributed by atoms with Crippen molar-refractivity contribution in [3.05, 3.63) is 23.4 Å². The predicted molar refractivity (Wildman–Crippen MR) is 60.9 cm³/mol. The normalized spacial score (nSPS) is 19.8. The van der Waals surface area contributed by atoms with Crippen LogP contribution in [0.1, 0.15) is 6.42 Å². The van der Waals surface area contributed by atoms with Gasteiger partial charge in [-0.2, -0.15) is 0 Å². The van der Waals surface area contributed by atoms with Gasteiger partial charge in [-0.05, 0) is 18.6 Å². The lowest BCUT2D eigenvalue weighted by Crippen LogP contribution is -2.30. The summed E-state index contributed by atoms with van der Waals surface area (Å²) in [6.07, 6.45) is 1.50. The zero-order valence-electron chi connectivity index (χ0n) is 8.56. The van der Waals surface area contributed by atoms with Gasteiger partial charge in [0.05, 0.1) is 5.02 Å². The summed E-state index contributed by atoms with van der Waals surface area (Å²) in [4.78, 5) is 16.2. The van der Waals surface area contributed by atoms with Gasteiger partial charge in [-0.15, -0.1) is 0 Å². The van der Waals surface area contributed by atoms with E-state index in [1.54, 1.807) is 18.3 Å². The van der Waals surface area contributed by atoms with Gasteiger partial charge in [0.2, 0.25) is 0 Å². The molecule has 0 bridgehead atoms. The molecule has 1 saturated heterocycles. The Labute approximate surface area is 98.0 Å². The summed E-state index contributed by atoms with van der Waals surface area (Å²) in [6, 6.07) is 3.66. The van der Waals surface area contributed by atoms with Crippen LogP contribution in [0.25, 0.3) is 0 Å². The van der Waals surface area contributed by atoms with E-state index in [0.29, 0.717) is 18.1 Å². The van der Waals surface area contributed by atoms with E-state index < -0.39 is 6.09 Å². The Morgan fingerprint density at radius 3 is 3.00 bits per heavy atom. The van der Waals surface area contributed by atoms with Crippen molar-refractivity contribution in [2.75, 3.05) is 18.4 Å². The molecule has 16 heavy (non-hydrogen) atoms. The maximum absolute atomic E-state index is 10.7. The highest BCUT2D eigenvalue weighted by Crippen LogP contribution is 2.15. The summed E-state index contributed by atoms with van der Waals surface area (Å²) in [6.45, 7) is 1.07. The molecule has 5 nitrogen and oxygen atoms in total. The maximum Gasteiger partial charge on any atom is 0.407 e. The molecule has 1 fully saturated rings. The average molecular weight is 242 g/mol. The standard InChI is InChI=1S/C10H12ClN3O2/c11-7-1-2-9(12-5-7)13-8-3-4-14(6-8)10(15)16/h1-2,5,8H,3-4,6H2,(H,12,13)(H,15,16). The molecule has 86 valence electrons. The molecule has 2 rings (SSSR count). The zero-order chi connectivity index (χ0) is 11.5. The molecule has 0 aliphatic carbocycles. The van der Waals surface area contributed by atoms with Gasteiger partial charge in [-0.1, -0.05) is 11.6 Å². The largest absolute Gasteiger partial charge is 0.465 e. The second-order valence-corrected chi connectivity index (χ2v) is 4.16. The van der Waals surface area contributed by atoms with Crippen molar-refractivity contribution >= 4 is 23.5 Å². The Morgan fingerprint density at radius 2 is 2.44 bits per heavy atom. The molecule has 0 radical (unpaired) electrons. The number of halogens is 1. The van der Waals surface area contributed by atoms with Crippen LogP contribution in [0.4, 0.5) is 10.6 Å². The predicted octanol–water partition coefficient (Wildman–Crippen LogP) is 1.90. The van der Waals surface area contributed by atoms with Crippen molar-refractivity contribution in [3.63, 3.8) is 0 Å². The Morgan fingerprint density at radius 1 is 1.62 bits per heavy atom. The Bertz CT molecular complexity index is 382. The van der Waals surface area contributed by atoms with E-state index in [1.165, 1.54) is 4.90 Å². The summed E-state index contributed by atoms with van der Waals surface area (Å²) in [5.41, 5.74) is 0. The first-order valence-electron chi connectivity index (χ1n) is 5.01. The molecule has 1 aromatic rings. The lowest BCUT2D eigenvalue weighted by Gasteiger charge is -2.14. The summed E-state index contributed by atoms with van der Waals surface area (Å²) in [5, 5.41) is 12.6. The molecule has 0 aromatic carbocycles. The van der Waals surface area contributed by atoms with E-state index in [0.717, 1.165) is 12.2 Å². The summed E-state index contributed by atoms with van der Waals surface area (Å²) in [5.74, 6) is 0.724. The molecule has 0 saturated carbocycles. The van der Waals surface area contributed by atoms with Crippen molar-refractivity contribution in [1.29, 1.82) is 0 Å². The first kappa shape index (κ1) is 11.0. The molecule has 1 unspecified atom stereocenters. The van der Waals surface area contributed by atoms with Crippen molar-refractivity contribution < 1.29 is 9.90 Å². The molecular formula is C10H12ClN3O2. The van der Waals surface area contributed by atoms with Crippen LogP contribution < -0.4 is 5.32 Å². The minimum atomic E-state index is -0.867. The number of carboxylic acid groups (broad SMARTS) is 1. The van der Waals surface area contributed by atoms with Crippen molar-refractivity contribution in [2.45, 2.75) is 12.5 Å². The third-order valence-electron chi connectivity index (χ3n) is 2.54. The number of nitrogens with zero attached hydrogens (tertiary/aromatic N) is 2. The Hall–Kier alpha value is -1.49. The number of carbonyl (C=O) groups is 1. The van der Waals surface area contributed by atoms with E-state index in [1.807, 2.05) is 0 Å². The van der Waals surface area contributed by atoms with Gasteiger partial charge >= 0.3 is 6.09 Å². The van der Waals surface area contributed by atoms with Crippen LogP contribution in [-0.2, 0) is 0 Å².